The number of anilines is 1. The van der Waals surface area contributed by atoms with Gasteiger partial charge in [-0.2, -0.15) is 0 Å². The van der Waals surface area contributed by atoms with Crippen LogP contribution in [0.4, 0.5) is 5.69 Å². The summed E-state index contributed by atoms with van der Waals surface area (Å²) in [6.45, 7) is 1.71. The van der Waals surface area contributed by atoms with E-state index >= 15 is 0 Å². The Hall–Kier alpha value is -2.54. The fraction of sp³-hybridized carbons (Fsp3) is 0.0714. The molecule has 0 heterocycles. The van der Waals surface area contributed by atoms with Crippen LogP contribution in [0, 0.1) is 6.92 Å². The molecular formula is C14H15N3O3S. The Morgan fingerprint density at radius 2 is 1.76 bits per heavy atom. The number of para-hydroxylation sites is 1. The highest BCUT2D eigenvalue weighted by atomic mass is 32.2. The molecular weight excluding hydrogens is 290 g/mol. The molecule has 0 atom stereocenters. The second kappa shape index (κ2) is 5.84. The normalized spacial score (nSPS) is 12.1. The summed E-state index contributed by atoms with van der Waals surface area (Å²) in [7, 11) is -3.75. The lowest BCUT2D eigenvalue weighted by Crippen LogP contribution is -2.19. The predicted molar refractivity (Wildman–Crippen MR) is 80.9 cm³/mol. The first-order chi connectivity index (χ1) is 9.95. The van der Waals surface area contributed by atoms with Gasteiger partial charge in [-0.25, -0.2) is 8.42 Å². The van der Waals surface area contributed by atoms with E-state index in [1.807, 2.05) is 0 Å². The third kappa shape index (κ3) is 3.14. The number of oxime groups is 1. The van der Waals surface area contributed by atoms with Gasteiger partial charge in [-0.3, -0.25) is 4.72 Å². The van der Waals surface area contributed by atoms with Crippen molar-refractivity contribution < 1.29 is 13.6 Å². The van der Waals surface area contributed by atoms with Crippen LogP contribution in [0.3, 0.4) is 0 Å². The van der Waals surface area contributed by atoms with E-state index in [0.717, 1.165) is 0 Å². The molecule has 0 amide bonds. The van der Waals surface area contributed by atoms with Gasteiger partial charge < -0.3 is 10.9 Å². The minimum Gasteiger partial charge on any atom is -0.409 e. The van der Waals surface area contributed by atoms with Gasteiger partial charge in [-0.15, -0.1) is 0 Å². The van der Waals surface area contributed by atoms with Crippen molar-refractivity contribution in [2.75, 3.05) is 4.72 Å². The summed E-state index contributed by atoms with van der Waals surface area (Å²) in [6, 6.07) is 13.1. The highest BCUT2D eigenvalue weighted by molar-refractivity contribution is 7.92. The number of aryl methyl sites for hydroxylation is 1. The number of nitrogens with zero attached hydrogens (tertiary/aromatic N) is 1. The number of hydrogen-bond donors (Lipinski definition) is 3. The highest BCUT2D eigenvalue weighted by Crippen LogP contribution is 2.21. The molecule has 7 heteroatoms. The van der Waals surface area contributed by atoms with Crippen molar-refractivity contribution in [2.24, 2.45) is 10.9 Å². The summed E-state index contributed by atoms with van der Waals surface area (Å²) in [6.07, 6.45) is 0. The molecule has 21 heavy (non-hydrogen) atoms. The molecule has 0 aliphatic heterocycles. The summed E-state index contributed by atoms with van der Waals surface area (Å²) in [5, 5.41) is 11.7. The molecule has 4 N–H and O–H groups in total. The topological polar surface area (TPSA) is 105 Å². The zero-order valence-corrected chi connectivity index (χ0v) is 12.1. The van der Waals surface area contributed by atoms with Gasteiger partial charge in [0.05, 0.1) is 10.6 Å². The van der Waals surface area contributed by atoms with Crippen LogP contribution in [0.5, 0.6) is 0 Å². The quantitative estimate of drug-likeness (QED) is 0.347. The first kappa shape index (κ1) is 14.9. The Kier molecular flexibility index (Phi) is 4.13. The van der Waals surface area contributed by atoms with Crippen molar-refractivity contribution in [1.29, 1.82) is 0 Å². The van der Waals surface area contributed by atoms with Gasteiger partial charge in [0.25, 0.3) is 10.0 Å². The number of rotatable bonds is 4. The van der Waals surface area contributed by atoms with Gasteiger partial charge in [0.2, 0.25) is 0 Å². The van der Waals surface area contributed by atoms with E-state index in [2.05, 4.69) is 9.88 Å². The van der Waals surface area contributed by atoms with Crippen LogP contribution in [-0.4, -0.2) is 19.5 Å². The number of nitrogens with two attached hydrogens (primary N) is 1. The van der Waals surface area contributed by atoms with E-state index in [9.17, 15) is 8.42 Å². The fourth-order valence-electron chi connectivity index (χ4n) is 1.91. The van der Waals surface area contributed by atoms with Crippen molar-refractivity contribution in [1.82, 2.24) is 0 Å². The Morgan fingerprint density at radius 3 is 2.43 bits per heavy atom. The maximum Gasteiger partial charge on any atom is 0.262 e. The van der Waals surface area contributed by atoms with E-state index in [4.69, 9.17) is 10.9 Å². The zero-order chi connectivity index (χ0) is 15.5. The van der Waals surface area contributed by atoms with Crippen molar-refractivity contribution in [3.8, 4) is 0 Å². The second-order valence-electron chi connectivity index (χ2n) is 4.40. The summed E-state index contributed by atoms with van der Waals surface area (Å²) in [4.78, 5) is 0.180. The molecule has 0 spiro atoms. The van der Waals surface area contributed by atoms with E-state index < -0.39 is 10.0 Å². The van der Waals surface area contributed by atoms with Gasteiger partial charge >= 0.3 is 0 Å². The Bertz CT molecular complexity index is 786. The number of hydrogen-bond acceptors (Lipinski definition) is 4. The molecule has 110 valence electrons. The van der Waals surface area contributed by atoms with Crippen molar-refractivity contribution in [3.63, 3.8) is 0 Å². The molecule has 0 unspecified atom stereocenters. The van der Waals surface area contributed by atoms with E-state index in [-0.39, 0.29) is 16.4 Å². The molecule has 0 aliphatic rings. The molecule has 0 fully saturated rings. The molecule has 2 aromatic carbocycles. The largest absolute Gasteiger partial charge is 0.409 e. The first-order valence-corrected chi connectivity index (χ1v) is 7.59. The SMILES string of the molecule is Cc1ccccc1S(=O)(=O)Nc1ccccc1C(N)=NO. The standard InChI is InChI=1S/C14H15N3O3S/c1-10-6-2-5-9-13(10)21(19,20)17-12-8-4-3-7-11(12)14(15)16-18/h2-9,17-18H,1H3,(H2,15,16). The summed E-state index contributed by atoms with van der Waals surface area (Å²) in [5.41, 5.74) is 6.73. The Labute approximate surface area is 123 Å². The van der Waals surface area contributed by atoms with Crippen LogP contribution in [0.25, 0.3) is 0 Å². The third-order valence-corrected chi connectivity index (χ3v) is 4.46. The number of sulfonamides is 1. The predicted octanol–water partition coefficient (Wildman–Crippen LogP) is 1.89. The minimum atomic E-state index is -3.75. The summed E-state index contributed by atoms with van der Waals surface area (Å²) < 4.78 is 27.3. The summed E-state index contributed by atoms with van der Waals surface area (Å²) in [5.74, 6) is -0.168. The second-order valence-corrected chi connectivity index (χ2v) is 6.05. The molecule has 6 nitrogen and oxygen atoms in total. The third-order valence-electron chi connectivity index (χ3n) is 2.94. The van der Waals surface area contributed by atoms with Crippen LogP contribution in [0.2, 0.25) is 0 Å². The fourth-order valence-corrected chi connectivity index (χ4v) is 3.23. The average molecular weight is 305 g/mol. The van der Waals surface area contributed by atoms with Crippen molar-refractivity contribution >= 4 is 21.5 Å². The highest BCUT2D eigenvalue weighted by Gasteiger charge is 2.18. The molecule has 0 saturated heterocycles. The maximum atomic E-state index is 12.4. The molecule has 0 aliphatic carbocycles. The first-order valence-electron chi connectivity index (χ1n) is 6.11. The van der Waals surface area contributed by atoms with Gasteiger partial charge in [0.1, 0.15) is 0 Å². The molecule has 0 bridgehead atoms. The van der Waals surface area contributed by atoms with Crippen LogP contribution < -0.4 is 10.5 Å². The van der Waals surface area contributed by atoms with Crippen molar-refractivity contribution in [2.45, 2.75) is 11.8 Å². The average Bonchev–Trinajstić information content (AvgIpc) is 2.47. The van der Waals surface area contributed by atoms with Gasteiger partial charge in [0, 0.05) is 5.56 Å². The van der Waals surface area contributed by atoms with E-state index in [1.54, 1.807) is 49.4 Å². The Morgan fingerprint density at radius 1 is 1.14 bits per heavy atom. The van der Waals surface area contributed by atoms with E-state index in [0.29, 0.717) is 11.1 Å². The van der Waals surface area contributed by atoms with Crippen LogP contribution in [0.15, 0.2) is 58.6 Å². The molecule has 0 aromatic heterocycles. The minimum absolute atomic E-state index is 0.168. The van der Waals surface area contributed by atoms with Crippen LogP contribution in [0.1, 0.15) is 11.1 Å². The van der Waals surface area contributed by atoms with Crippen LogP contribution >= 0.6 is 0 Å². The smallest absolute Gasteiger partial charge is 0.262 e. The number of benzene rings is 2. The molecule has 0 saturated carbocycles. The van der Waals surface area contributed by atoms with Crippen LogP contribution in [-0.2, 0) is 10.0 Å². The Balaban J connectivity index is 2.46. The van der Waals surface area contributed by atoms with E-state index in [1.165, 1.54) is 6.07 Å². The zero-order valence-electron chi connectivity index (χ0n) is 11.3. The molecule has 0 radical (unpaired) electrons. The summed E-state index contributed by atoms with van der Waals surface area (Å²) >= 11 is 0. The number of nitrogens with one attached hydrogen (secondary N) is 1. The lowest BCUT2D eigenvalue weighted by molar-refractivity contribution is 0.318. The molecule has 2 rings (SSSR count). The monoisotopic (exact) mass is 305 g/mol. The lowest BCUT2D eigenvalue weighted by atomic mass is 10.2. The van der Waals surface area contributed by atoms with Gasteiger partial charge in [-0.05, 0) is 30.7 Å². The van der Waals surface area contributed by atoms with Gasteiger partial charge in [-0.1, -0.05) is 35.5 Å². The number of amidine groups is 1. The molecule has 2 aromatic rings. The lowest BCUT2D eigenvalue weighted by Gasteiger charge is -2.13. The maximum absolute atomic E-state index is 12.4. The van der Waals surface area contributed by atoms with Crippen molar-refractivity contribution in [3.05, 3.63) is 59.7 Å². The van der Waals surface area contributed by atoms with Gasteiger partial charge in [0.15, 0.2) is 5.84 Å².